The van der Waals surface area contributed by atoms with Crippen molar-refractivity contribution < 1.29 is 9.59 Å². The van der Waals surface area contributed by atoms with E-state index in [0.29, 0.717) is 12.5 Å². The molecule has 3 heterocycles. The summed E-state index contributed by atoms with van der Waals surface area (Å²) in [7, 11) is 0. The van der Waals surface area contributed by atoms with Crippen LogP contribution in [0.25, 0.3) is 0 Å². The molecule has 0 aliphatic carbocycles. The Kier molecular flexibility index (Phi) is 5.35. The molecule has 1 fully saturated rings. The second-order valence-corrected chi connectivity index (χ2v) is 7.19. The molecular formula is C18H23N3O2S. The topological polar surface area (TPSA) is 54.3 Å². The minimum Gasteiger partial charge on any atom is -0.351 e. The molecule has 1 atom stereocenters. The number of rotatable bonds is 5. The maximum Gasteiger partial charge on any atom is 0.225 e. The maximum atomic E-state index is 12.7. The van der Waals surface area contributed by atoms with Crippen LogP contribution in [-0.2, 0) is 9.59 Å². The molecule has 1 unspecified atom stereocenters. The lowest BCUT2D eigenvalue weighted by atomic mass is 10.0. The first-order valence-electron chi connectivity index (χ1n) is 8.34. The van der Waals surface area contributed by atoms with Crippen molar-refractivity contribution in [2.24, 2.45) is 0 Å². The summed E-state index contributed by atoms with van der Waals surface area (Å²) in [5.74, 6) is 0.0145. The molecule has 24 heavy (non-hydrogen) atoms. The number of nitrogens with zero attached hydrogens (tertiary/aromatic N) is 2. The molecule has 0 radical (unpaired) electrons. The summed E-state index contributed by atoms with van der Waals surface area (Å²) < 4.78 is 2.23. The van der Waals surface area contributed by atoms with Crippen LogP contribution in [0.2, 0.25) is 0 Å². The molecule has 1 aliphatic rings. The summed E-state index contributed by atoms with van der Waals surface area (Å²) in [6.45, 7) is 3.05. The van der Waals surface area contributed by atoms with Gasteiger partial charge in [0.15, 0.2) is 0 Å². The SMILES string of the molecule is CC(=O)NC(CC(=O)N1CCC(n2cccc2)CC1)c1cccs1. The van der Waals surface area contributed by atoms with Gasteiger partial charge in [-0.15, -0.1) is 11.3 Å². The van der Waals surface area contributed by atoms with Gasteiger partial charge in [0.05, 0.1) is 12.5 Å². The zero-order chi connectivity index (χ0) is 16.9. The van der Waals surface area contributed by atoms with Gasteiger partial charge in [-0.25, -0.2) is 0 Å². The monoisotopic (exact) mass is 345 g/mol. The second kappa shape index (κ2) is 7.66. The van der Waals surface area contributed by atoms with Crippen molar-refractivity contribution in [1.82, 2.24) is 14.8 Å². The van der Waals surface area contributed by atoms with Crippen molar-refractivity contribution in [3.63, 3.8) is 0 Å². The summed E-state index contributed by atoms with van der Waals surface area (Å²) >= 11 is 1.57. The number of piperidine rings is 1. The number of hydrogen-bond donors (Lipinski definition) is 1. The van der Waals surface area contributed by atoms with Crippen LogP contribution in [0.4, 0.5) is 0 Å². The van der Waals surface area contributed by atoms with E-state index in [4.69, 9.17) is 0 Å². The number of aromatic nitrogens is 1. The first kappa shape index (κ1) is 16.8. The number of amides is 2. The Bertz CT molecular complexity index is 659. The molecule has 0 aromatic carbocycles. The molecule has 3 rings (SSSR count). The van der Waals surface area contributed by atoms with Crippen molar-refractivity contribution in [3.05, 3.63) is 46.9 Å². The fourth-order valence-corrected chi connectivity index (χ4v) is 4.04. The zero-order valence-corrected chi connectivity index (χ0v) is 14.7. The van der Waals surface area contributed by atoms with Gasteiger partial charge in [-0.2, -0.15) is 0 Å². The summed E-state index contributed by atoms with van der Waals surface area (Å²) in [6, 6.07) is 8.25. The van der Waals surface area contributed by atoms with Crippen LogP contribution in [0, 0.1) is 0 Å². The van der Waals surface area contributed by atoms with Gasteiger partial charge in [-0.1, -0.05) is 6.07 Å². The molecule has 0 bridgehead atoms. The Labute approximate surface area is 146 Å². The lowest BCUT2D eigenvalue weighted by Gasteiger charge is -2.33. The van der Waals surface area contributed by atoms with Crippen LogP contribution in [-0.4, -0.2) is 34.4 Å². The number of nitrogens with one attached hydrogen (secondary N) is 1. The Hall–Kier alpha value is -2.08. The molecule has 2 aromatic rings. The molecule has 5 nitrogen and oxygen atoms in total. The minimum atomic E-state index is -0.225. The van der Waals surface area contributed by atoms with Crippen LogP contribution >= 0.6 is 11.3 Å². The number of carbonyl (C=O) groups excluding carboxylic acids is 2. The largest absolute Gasteiger partial charge is 0.351 e. The molecule has 1 N–H and O–H groups in total. The highest BCUT2D eigenvalue weighted by atomic mass is 32.1. The van der Waals surface area contributed by atoms with Crippen LogP contribution in [0.5, 0.6) is 0 Å². The minimum absolute atomic E-state index is 0.104. The summed E-state index contributed by atoms with van der Waals surface area (Å²) in [4.78, 5) is 27.1. The molecule has 6 heteroatoms. The number of thiophene rings is 1. The molecule has 0 saturated carbocycles. The Morgan fingerprint density at radius 1 is 1.25 bits per heavy atom. The van der Waals surface area contributed by atoms with E-state index in [1.807, 2.05) is 34.5 Å². The fourth-order valence-electron chi connectivity index (χ4n) is 3.27. The standard InChI is InChI=1S/C18H23N3O2S/c1-14(22)19-16(17-5-4-12-24-17)13-18(23)21-10-6-15(7-11-21)20-8-2-3-9-20/h2-5,8-9,12,15-16H,6-7,10-11,13H2,1H3,(H,19,22). The van der Waals surface area contributed by atoms with E-state index in [1.165, 1.54) is 6.92 Å². The first-order chi connectivity index (χ1) is 11.6. The highest BCUT2D eigenvalue weighted by Gasteiger charge is 2.26. The Morgan fingerprint density at radius 2 is 1.96 bits per heavy atom. The lowest BCUT2D eigenvalue weighted by Crippen LogP contribution is -2.40. The third-order valence-corrected chi connectivity index (χ3v) is 5.50. The summed E-state index contributed by atoms with van der Waals surface area (Å²) in [5.41, 5.74) is 0. The van der Waals surface area contributed by atoms with Crippen molar-refractivity contribution in [2.45, 2.75) is 38.3 Å². The predicted molar refractivity (Wildman–Crippen MR) is 94.8 cm³/mol. The van der Waals surface area contributed by atoms with Crippen LogP contribution in [0.3, 0.4) is 0 Å². The third kappa shape index (κ3) is 4.06. The maximum absolute atomic E-state index is 12.7. The highest BCUT2D eigenvalue weighted by Crippen LogP contribution is 2.26. The molecule has 128 valence electrons. The summed E-state index contributed by atoms with van der Waals surface area (Å²) in [6.07, 6.45) is 6.46. The van der Waals surface area contributed by atoms with Crippen molar-refractivity contribution in [2.75, 3.05) is 13.1 Å². The second-order valence-electron chi connectivity index (χ2n) is 6.21. The molecule has 1 saturated heterocycles. The van der Waals surface area contributed by atoms with Gasteiger partial charge in [-0.3, -0.25) is 9.59 Å². The van der Waals surface area contributed by atoms with E-state index in [1.54, 1.807) is 11.3 Å². The van der Waals surface area contributed by atoms with E-state index in [0.717, 1.165) is 30.8 Å². The Morgan fingerprint density at radius 3 is 2.54 bits per heavy atom. The van der Waals surface area contributed by atoms with Gasteiger partial charge in [0.2, 0.25) is 11.8 Å². The lowest BCUT2D eigenvalue weighted by molar-refractivity contribution is -0.133. The number of carbonyl (C=O) groups is 2. The average molecular weight is 345 g/mol. The van der Waals surface area contributed by atoms with Gasteiger partial charge in [0.25, 0.3) is 0 Å². The van der Waals surface area contributed by atoms with Gasteiger partial charge in [0.1, 0.15) is 0 Å². The third-order valence-electron chi connectivity index (χ3n) is 4.51. The zero-order valence-electron chi connectivity index (χ0n) is 13.9. The molecular weight excluding hydrogens is 322 g/mol. The first-order valence-corrected chi connectivity index (χ1v) is 9.22. The average Bonchev–Trinajstić information content (AvgIpc) is 3.27. The fraction of sp³-hybridized carbons (Fsp3) is 0.444. The predicted octanol–water partition coefficient (Wildman–Crippen LogP) is 2.98. The van der Waals surface area contributed by atoms with E-state index < -0.39 is 0 Å². The van der Waals surface area contributed by atoms with Gasteiger partial charge < -0.3 is 14.8 Å². The molecule has 2 aromatic heterocycles. The van der Waals surface area contributed by atoms with E-state index in [2.05, 4.69) is 22.3 Å². The van der Waals surface area contributed by atoms with Gasteiger partial charge in [-0.05, 0) is 36.4 Å². The smallest absolute Gasteiger partial charge is 0.225 e. The van der Waals surface area contributed by atoms with Crippen LogP contribution < -0.4 is 5.32 Å². The number of likely N-dealkylation sites (tertiary alicyclic amines) is 1. The van der Waals surface area contributed by atoms with E-state index >= 15 is 0 Å². The van der Waals surface area contributed by atoms with Crippen molar-refractivity contribution >= 4 is 23.2 Å². The quantitative estimate of drug-likeness (QED) is 0.906. The van der Waals surface area contributed by atoms with Gasteiger partial charge in [0, 0.05) is 43.3 Å². The van der Waals surface area contributed by atoms with Gasteiger partial charge >= 0.3 is 0 Å². The Balaban J connectivity index is 1.57. The van der Waals surface area contributed by atoms with E-state index in [9.17, 15) is 9.59 Å². The normalized spacial score (nSPS) is 16.8. The van der Waals surface area contributed by atoms with E-state index in [-0.39, 0.29) is 17.9 Å². The van der Waals surface area contributed by atoms with Crippen molar-refractivity contribution in [3.8, 4) is 0 Å². The summed E-state index contributed by atoms with van der Waals surface area (Å²) in [5, 5.41) is 4.87. The van der Waals surface area contributed by atoms with Crippen LogP contribution in [0.15, 0.2) is 42.0 Å². The molecule has 1 aliphatic heterocycles. The van der Waals surface area contributed by atoms with Crippen molar-refractivity contribution in [1.29, 1.82) is 0 Å². The highest BCUT2D eigenvalue weighted by molar-refractivity contribution is 7.10. The molecule has 0 spiro atoms. The molecule has 2 amide bonds. The number of hydrogen-bond acceptors (Lipinski definition) is 3. The van der Waals surface area contributed by atoms with Crippen LogP contribution in [0.1, 0.15) is 43.1 Å².